The molecule has 0 aliphatic rings. The predicted octanol–water partition coefficient (Wildman–Crippen LogP) is 2.51. The van der Waals surface area contributed by atoms with E-state index in [1.54, 1.807) is 0 Å². The minimum Gasteiger partial charge on any atom is -0.330 e. The molecular formula is C11H13BrN2. The van der Waals surface area contributed by atoms with Gasteiger partial charge in [-0.1, -0.05) is 6.07 Å². The van der Waals surface area contributed by atoms with Gasteiger partial charge >= 0.3 is 0 Å². The quantitative estimate of drug-likeness (QED) is 0.875. The smallest absolute Gasteiger partial charge is 0.0597 e. The highest BCUT2D eigenvalue weighted by Gasteiger charge is 2.10. The molecule has 2 aromatic rings. The molecule has 0 saturated heterocycles. The van der Waals surface area contributed by atoms with Crippen molar-refractivity contribution in [3.05, 3.63) is 40.1 Å². The van der Waals surface area contributed by atoms with Gasteiger partial charge in [-0.25, -0.2) is 0 Å². The molecule has 2 heterocycles. The lowest BCUT2D eigenvalue weighted by Gasteiger charge is -2.01. The zero-order valence-electron chi connectivity index (χ0n) is 8.13. The first-order chi connectivity index (χ1) is 6.75. The number of rotatable bonds is 2. The number of fused-ring (bicyclic) bond motifs is 1. The highest BCUT2D eigenvalue weighted by molar-refractivity contribution is 9.10. The summed E-state index contributed by atoms with van der Waals surface area (Å²) in [6, 6.07) is 6.20. The minimum atomic E-state index is 0.689. The van der Waals surface area contributed by atoms with E-state index in [0.717, 1.165) is 6.42 Å². The summed E-state index contributed by atoms with van der Waals surface area (Å²) in [7, 11) is 0. The van der Waals surface area contributed by atoms with Gasteiger partial charge < -0.3 is 10.1 Å². The second kappa shape index (κ2) is 3.75. The summed E-state index contributed by atoms with van der Waals surface area (Å²) in [6.07, 6.45) is 3.00. The maximum atomic E-state index is 5.60. The normalized spacial score (nSPS) is 11.1. The standard InChI is InChI=1S/C11H13BrN2/c1-8-9(5-6-13)14-7-3-2-4-10(14)11(8)12/h2-4,7H,5-6,13H2,1H3. The Hall–Kier alpha value is -0.800. The Kier molecular flexibility index (Phi) is 2.61. The van der Waals surface area contributed by atoms with Gasteiger partial charge in [0.05, 0.1) is 5.52 Å². The summed E-state index contributed by atoms with van der Waals surface area (Å²) in [4.78, 5) is 0. The molecule has 2 nitrogen and oxygen atoms in total. The summed E-state index contributed by atoms with van der Waals surface area (Å²) >= 11 is 3.61. The zero-order valence-corrected chi connectivity index (χ0v) is 9.71. The first kappa shape index (κ1) is 9.74. The molecule has 0 atom stereocenters. The van der Waals surface area contributed by atoms with Gasteiger partial charge in [0.1, 0.15) is 0 Å². The Morgan fingerprint density at radius 2 is 2.21 bits per heavy atom. The fourth-order valence-corrected chi connectivity index (χ4v) is 2.35. The Balaban J connectivity index is 2.74. The topological polar surface area (TPSA) is 30.4 Å². The summed E-state index contributed by atoms with van der Waals surface area (Å²) < 4.78 is 3.38. The number of halogens is 1. The Morgan fingerprint density at radius 3 is 2.93 bits per heavy atom. The van der Waals surface area contributed by atoms with Gasteiger partial charge in [-0.2, -0.15) is 0 Å². The van der Waals surface area contributed by atoms with Crippen LogP contribution in [0, 0.1) is 6.92 Å². The van der Waals surface area contributed by atoms with Crippen molar-refractivity contribution >= 4 is 21.4 Å². The molecule has 0 amide bonds. The highest BCUT2D eigenvalue weighted by atomic mass is 79.9. The maximum absolute atomic E-state index is 5.60. The van der Waals surface area contributed by atoms with Crippen LogP contribution in [0.5, 0.6) is 0 Å². The van der Waals surface area contributed by atoms with E-state index >= 15 is 0 Å². The highest BCUT2D eigenvalue weighted by Crippen LogP contribution is 2.28. The molecule has 2 N–H and O–H groups in total. The van der Waals surface area contributed by atoms with Crippen LogP contribution in [0.25, 0.3) is 5.52 Å². The molecule has 2 aromatic heterocycles. The van der Waals surface area contributed by atoms with Crippen molar-refractivity contribution < 1.29 is 0 Å². The van der Waals surface area contributed by atoms with Gasteiger partial charge in [0.25, 0.3) is 0 Å². The average Bonchev–Trinajstić information content (AvgIpc) is 2.45. The van der Waals surface area contributed by atoms with E-state index in [-0.39, 0.29) is 0 Å². The monoisotopic (exact) mass is 252 g/mol. The van der Waals surface area contributed by atoms with Gasteiger partial charge in [0, 0.05) is 22.8 Å². The van der Waals surface area contributed by atoms with Crippen LogP contribution >= 0.6 is 15.9 Å². The van der Waals surface area contributed by atoms with Gasteiger partial charge in [-0.15, -0.1) is 0 Å². The lowest BCUT2D eigenvalue weighted by molar-refractivity contribution is 0.895. The van der Waals surface area contributed by atoms with Crippen molar-refractivity contribution in [2.24, 2.45) is 5.73 Å². The van der Waals surface area contributed by atoms with E-state index in [9.17, 15) is 0 Å². The lowest BCUT2D eigenvalue weighted by Crippen LogP contribution is -2.05. The van der Waals surface area contributed by atoms with Gasteiger partial charge in [0.2, 0.25) is 0 Å². The predicted molar refractivity (Wildman–Crippen MR) is 62.6 cm³/mol. The fourth-order valence-electron chi connectivity index (χ4n) is 1.80. The molecule has 0 aliphatic heterocycles. The van der Waals surface area contributed by atoms with E-state index in [2.05, 4.69) is 39.5 Å². The minimum absolute atomic E-state index is 0.689. The zero-order chi connectivity index (χ0) is 10.1. The van der Waals surface area contributed by atoms with Crippen molar-refractivity contribution in [3.8, 4) is 0 Å². The molecular weight excluding hydrogens is 240 g/mol. The third-order valence-electron chi connectivity index (χ3n) is 2.52. The largest absolute Gasteiger partial charge is 0.330 e. The van der Waals surface area contributed by atoms with E-state index in [4.69, 9.17) is 5.73 Å². The van der Waals surface area contributed by atoms with Crippen LogP contribution < -0.4 is 5.73 Å². The summed E-state index contributed by atoms with van der Waals surface area (Å²) in [5.41, 5.74) is 9.41. The number of pyridine rings is 1. The van der Waals surface area contributed by atoms with Gasteiger partial charge in [-0.05, 0) is 47.1 Å². The third kappa shape index (κ3) is 1.37. The maximum Gasteiger partial charge on any atom is 0.0597 e. The number of hydrogen-bond donors (Lipinski definition) is 1. The van der Waals surface area contributed by atoms with Crippen LogP contribution in [0.1, 0.15) is 11.3 Å². The molecule has 74 valence electrons. The molecule has 0 fully saturated rings. The molecule has 0 aromatic carbocycles. The lowest BCUT2D eigenvalue weighted by atomic mass is 10.2. The Morgan fingerprint density at radius 1 is 1.43 bits per heavy atom. The molecule has 14 heavy (non-hydrogen) atoms. The summed E-state index contributed by atoms with van der Waals surface area (Å²) in [5, 5.41) is 0. The fraction of sp³-hybridized carbons (Fsp3) is 0.273. The summed E-state index contributed by atoms with van der Waals surface area (Å²) in [5.74, 6) is 0. The molecule has 0 spiro atoms. The van der Waals surface area contributed by atoms with Crippen LogP contribution in [-0.2, 0) is 6.42 Å². The van der Waals surface area contributed by atoms with Crippen LogP contribution in [0.4, 0.5) is 0 Å². The molecule has 0 saturated carbocycles. The van der Waals surface area contributed by atoms with Crippen LogP contribution in [0.3, 0.4) is 0 Å². The SMILES string of the molecule is Cc1c(Br)c2ccccn2c1CCN. The van der Waals surface area contributed by atoms with Gasteiger partial charge in [0.15, 0.2) is 0 Å². The van der Waals surface area contributed by atoms with E-state index in [1.165, 1.54) is 21.2 Å². The van der Waals surface area contributed by atoms with Crippen molar-refractivity contribution in [2.75, 3.05) is 6.54 Å². The molecule has 3 heteroatoms. The summed E-state index contributed by atoms with van der Waals surface area (Å²) in [6.45, 7) is 2.82. The molecule has 2 rings (SSSR count). The van der Waals surface area contributed by atoms with Crippen molar-refractivity contribution in [2.45, 2.75) is 13.3 Å². The Labute approximate surface area is 91.9 Å². The van der Waals surface area contributed by atoms with Crippen molar-refractivity contribution in [1.82, 2.24) is 4.40 Å². The molecule has 0 bridgehead atoms. The van der Waals surface area contributed by atoms with Crippen LogP contribution in [-0.4, -0.2) is 10.9 Å². The van der Waals surface area contributed by atoms with Crippen molar-refractivity contribution in [1.29, 1.82) is 0 Å². The molecule has 0 aliphatic carbocycles. The number of hydrogen-bond acceptors (Lipinski definition) is 1. The van der Waals surface area contributed by atoms with Crippen LogP contribution in [0.2, 0.25) is 0 Å². The second-order valence-electron chi connectivity index (χ2n) is 3.38. The number of aromatic nitrogens is 1. The van der Waals surface area contributed by atoms with E-state index in [1.807, 2.05) is 12.1 Å². The first-order valence-corrected chi connectivity index (χ1v) is 5.49. The van der Waals surface area contributed by atoms with Crippen LogP contribution in [0.15, 0.2) is 28.9 Å². The van der Waals surface area contributed by atoms with Gasteiger partial charge in [-0.3, -0.25) is 0 Å². The number of nitrogens with two attached hydrogens (primary N) is 1. The van der Waals surface area contributed by atoms with E-state index < -0.39 is 0 Å². The Bertz CT molecular complexity index is 460. The number of nitrogens with zero attached hydrogens (tertiary/aromatic N) is 1. The van der Waals surface area contributed by atoms with E-state index in [0.29, 0.717) is 6.54 Å². The average molecular weight is 253 g/mol. The third-order valence-corrected chi connectivity index (χ3v) is 3.52. The molecule has 0 radical (unpaired) electrons. The molecule has 0 unspecified atom stereocenters. The first-order valence-electron chi connectivity index (χ1n) is 4.69. The second-order valence-corrected chi connectivity index (χ2v) is 4.17. The van der Waals surface area contributed by atoms with Crippen molar-refractivity contribution in [3.63, 3.8) is 0 Å².